The Morgan fingerprint density at radius 3 is 2.31 bits per heavy atom. The molecule has 2 aromatic carbocycles. The van der Waals surface area contributed by atoms with Crippen molar-refractivity contribution in [3.05, 3.63) is 54.1 Å². The molecule has 3 aliphatic heterocycles. The van der Waals surface area contributed by atoms with E-state index in [2.05, 4.69) is 19.2 Å². The van der Waals surface area contributed by atoms with Crippen LogP contribution < -0.4 is 24.4 Å². The van der Waals surface area contributed by atoms with Crippen molar-refractivity contribution >= 4 is 23.2 Å². The molecule has 1 N–H and O–H groups in total. The molecule has 0 aliphatic carbocycles. The van der Waals surface area contributed by atoms with Gasteiger partial charge in [-0.15, -0.1) is 0 Å². The summed E-state index contributed by atoms with van der Waals surface area (Å²) in [5, 5.41) is 2.93. The van der Waals surface area contributed by atoms with Gasteiger partial charge in [-0.2, -0.15) is 0 Å². The molecule has 8 nitrogen and oxygen atoms in total. The van der Waals surface area contributed by atoms with Crippen molar-refractivity contribution in [3.63, 3.8) is 0 Å². The van der Waals surface area contributed by atoms with Gasteiger partial charge in [-0.3, -0.25) is 9.59 Å². The summed E-state index contributed by atoms with van der Waals surface area (Å²) < 4.78 is 22.4. The number of nitrogens with zero attached hydrogens (tertiary/aromatic N) is 1. The molecule has 0 unspecified atom stereocenters. The zero-order chi connectivity index (χ0) is 24.9. The molecule has 0 saturated carbocycles. The lowest BCUT2D eigenvalue weighted by Gasteiger charge is -2.24. The van der Waals surface area contributed by atoms with Crippen LogP contribution in [0, 0.1) is 11.8 Å². The summed E-state index contributed by atoms with van der Waals surface area (Å²) in [6.45, 7) is 4.65. The van der Waals surface area contributed by atoms with Crippen molar-refractivity contribution in [2.45, 2.75) is 31.5 Å². The Morgan fingerprint density at radius 1 is 1.09 bits per heavy atom. The Labute approximate surface area is 204 Å². The Bertz CT molecular complexity index is 1170. The third-order valence-electron chi connectivity index (χ3n) is 7.21. The molecule has 3 aliphatic rings. The first-order valence-corrected chi connectivity index (χ1v) is 11.7. The SMILES string of the molecule is COc1cc(NC(=O)[C@@H]2[C@H]3C(=O)N(c4ccc(C(C)C)cc4)C[C@]34C=C[C@H]2O4)cc(OC)c1OC. The molecule has 4 atom stereocenters. The van der Waals surface area contributed by atoms with Crippen molar-refractivity contribution < 1.29 is 28.5 Å². The van der Waals surface area contributed by atoms with E-state index in [-0.39, 0.29) is 11.8 Å². The summed E-state index contributed by atoms with van der Waals surface area (Å²) in [5.74, 6) is 0.0666. The van der Waals surface area contributed by atoms with Crippen LogP contribution in [0.25, 0.3) is 0 Å². The van der Waals surface area contributed by atoms with E-state index in [0.717, 1.165) is 5.69 Å². The van der Waals surface area contributed by atoms with Crippen LogP contribution in [0.15, 0.2) is 48.6 Å². The Balaban J connectivity index is 1.41. The normalized spacial score (nSPS) is 26.3. The van der Waals surface area contributed by atoms with Gasteiger partial charge >= 0.3 is 0 Å². The minimum atomic E-state index is -0.796. The molecule has 5 rings (SSSR count). The van der Waals surface area contributed by atoms with Crippen LogP contribution in [-0.2, 0) is 14.3 Å². The molecular weight excluding hydrogens is 448 g/mol. The van der Waals surface area contributed by atoms with Gasteiger partial charge in [0.05, 0.1) is 45.8 Å². The minimum Gasteiger partial charge on any atom is -0.493 e. The zero-order valence-corrected chi connectivity index (χ0v) is 20.5. The molecule has 2 saturated heterocycles. The van der Waals surface area contributed by atoms with Crippen LogP contribution >= 0.6 is 0 Å². The number of carbonyl (C=O) groups is 2. The van der Waals surface area contributed by atoms with E-state index in [1.807, 2.05) is 36.4 Å². The van der Waals surface area contributed by atoms with Gasteiger partial charge in [0, 0.05) is 23.5 Å². The van der Waals surface area contributed by atoms with Gasteiger partial charge in [0.25, 0.3) is 0 Å². The summed E-state index contributed by atoms with van der Waals surface area (Å²) >= 11 is 0. The number of methoxy groups -OCH3 is 3. The Kier molecular flexibility index (Phi) is 5.71. The predicted molar refractivity (Wildman–Crippen MR) is 131 cm³/mol. The number of benzene rings is 2. The van der Waals surface area contributed by atoms with Crippen LogP contribution in [-0.4, -0.2) is 51.4 Å². The predicted octanol–water partition coefficient (Wildman–Crippen LogP) is 3.76. The number of carbonyl (C=O) groups excluding carboxylic acids is 2. The minimum absolute atomic E-state index is 0.0980. The summed E-state index contributed by atoms with van der Waals surface area (Å²) in [5.41, 5.74) is 1.71. The second kappa shape index (κ2) is 8.61. The van der Waals surface area contributed by atoms with Gasteiger partial charge < -0.3 is 29.2 Å². The molecular formula is C27H30N2O6. The number of ether oxygens (including phenoxy) is 4. The van der Waals surface area contributed by atoms with Crippen LogP contribution in [0.5, 0.6) is 17.2 Å². The number of anilines is 2. The van der Waals surface area contributed by atoms with Crippen LogP contribution in [0.3, 0.4) is 0 Å². The van der Waals surface area contributed by atoms with Crippen LogP contribution in [0.1, 0.15) is 25.3 Å². The van der Waals surface area contributed by atoms with Crippen LogP contribution in [0.2, 0.25) is 0 Å². The maximum atomic E-state index is 13.6. The third-order valence-corrected chi connectivity index (χ3v) is 7.21. The molecule has 3 heterocycles. The zero-order valence-electron chi connectivity index (χ0n) is 20.5. The molecule has 2 bridgehead atoms. The fraction of sp³-hybridized carbons (Fsp3) is 0.407. The second-order valence-electron chi connectivity index (χ2n) is 9.47. The average molecular weight is 479 g/mol. The quantitative estimate of drug-likeness (QED) is 0.610. The first kappa shape index (κ1) is 23.2. The highest BCUT2D eigenvalue weighted by atomic mass is 16.5. The van der Waals surface area contributed by atoms with E-state index < -0.39 is 23.5 Å². The van der Waals surface area contributed by atoms with E-state index in [9.17, 15) is 9.59 Å². The van der Waals surface area contributed by atoms with Crippen LogP contribution in [0.4, 0.5) is 11.4 Å². The Morgan fingerprint density at radius 2 is 1.74 bits per heavy atom. The number of rotatable bonds is 7. The molecule has 0 radical (unpaired) electrons. The number of hydrogen-bond donors (Lipinski definition) is 1. The van der Waals surface area contributed by atoms with Gasteiger partial charge in [-0.25, -0.2) is 0 Å². The van der Waals surface area contributed by atoms with E-state index in [1.54, 1.807) is 17.0 Å². The van der Waals surface area contributed by atoms with E-state index >= 15 is 0 Å². The van der Waals surface area contributed by atoms with Crippen molar-refractivity contribution in [1.29, 1.82) is 0 Å². The highest BCUT2D eigenvalue weighted by Gasteiger charge is 2.67. The van der Waals surface area contributed by atoms with E-state index in [0.29, 0.717) is 35.4 Å². The first-order chi connectivity index (χ1) is 16.8. The van der Waals surface area contributed by atoms with Gasteiger partial charge in [0.15, 0.2) is 11.5 Å². The summed E-state index contributed by atoms with van der Waals surface area (Å²) in [4.78, 5) is 28.9. The lowest BCUT2D eigenvalue weighted by molar-refractivity contribution is -0.128. The monoisotopic (exact) mass is 478 g/mol. The number of amides is 2. The molecule has 2 amide bonds. The fourth-order valence-electron chi connectivity index (χ4n) is 5.43. The lowest BCUT2D eigenvalue weighted by Crippen LogP contribution is -2.41. The first-order valence-electron chi connectivity index (χ1n) is 11.7. The van der Waals surface area contributed by atoms with Crippen molar-refractivity contribution in [2.24, 2.45) is 11.8 Å². The molecule has 184 valence electrons. The van der Waals surface area contributed by atoms with Gasteiger partial charge in [0.2, 0.25) is 17.6 Å². The van der Waals surface area contributed by atoms with Crippen molar-refractivity contribution in [2.75, 3.05) is 38.1 Å². The maximum absolute atomic E-state index is 13.6. The largest absolute Gasteiger partial charge is 0.493 e. The third kappa shape index (κ3) is 3.63. The molecule has 2 fully saturated rings. The maximum Gasteiger partial charge on any atom is 0.234 e. The number of fused-ring (bicyclic) bond motifs is 1. The average Bonchev–Trinajstić information content (AvgIpc) is 3.51. The van der Waals surface area contributed by atoms with Gasteiger partial charge in [-0.1, -0.05) is 38.1 Å². The molecule has 8 heteroatoms. The van der Waals surface area contributed by atoms with Gasteiger partial charge in [-0.05, 0) is 23.6 Å². The standard InChI is InChI=1S/C27H30N2O6/c1-15(2)16-6-8-18(9-7-16)29-14-27-11-10-19(35-27)22(23(27)26(29)31)25(30)28-17-12-20(32-3)24(34-5)21(13-17)33-4/h6-13,15,19,22-23H,14H2,1-5H3,(H,28,30)/t19-,22+,23+,27-/m1/s1. The summed E-state index contributed by atoms with van der Waals surface area (Å²) in [6.07, 6.45) is 3.40. The molecule has 0 aromatic heterocycles. The number of nitrogens with one attached hydrogen (secondary N) is 1. The summed E-state index contributed by atoms with van der Waals surface area (Å²) in [6, 6.07) is 11.3. The summed E-state index contributed by atoms with van der Waals surface area (Å²) in [7, 11) is 4.55. The highest BCUT2D eigenvalue weighted by Crippen LogP contribution is 2.53. The number of hydrogen-bond acceptors (Lipinski definition) is 6. The molecule has 35 heavy (non-hydrogen) atoms. The van der Waals surface area contributed by atoms with E-state index in [1.165, 1.54) is 26.9 Å². The lowest BCUT2D eigenvalue weighted by atomic mass is 9.76. The van der Waals surface area contributed by atoms with Crippen molar-refractivity contribution in [1.82, 2.24) is 0 Å². The van der Waals surface area contributed by atoms with E-state index in [4.69, 9.17) is 18.9 Å². The second-order valence-corrected chi connectivity index (χ2v) is 9.47. The Hall–Kier alpha value is -3.52. The molecule has 1 spiro atoms. The molecule has 2 aromatic rings. The fourth-order valence-corrected chi connectivity index (χ4v) is 5.43. The van der Waals surface area contributed by atoms with Gasteiger partial charge in [0.1, 0.15) is 5.60 Å². The topological polar surface area (TPSA) is 86.3 Å². The smallest absolute Gasteiger partial charge is 0.234 e. The highest BCUT2D eigenvalue weighted by molar-refractivity contribution is 6.05. The van der Waals surface area contributed by atoms with Crippen molar-refractivity contribution in [3.8, 4) is 17.2 Å².